The van der Waals surface area contributed by atoms with E-state index in [0.717, 1.165) is 23.9 Å². The van der Waals surface area contributed by atoms with Crippen molar-refractivity contribution in [1.29, 1.82) is 0 Å². The van der Waals surface area contributed by atoms with Gasteiger partial charge in [0.15, 0.2) is 0 Å². The highest BCUT2D eigenvalue weighted by Gasteiger charge is 2.16. The molecule has 0 fully saturated rings. The molecule has 20 heavy (non-hydrogen) atoms. The smallest absolute Gasteiger partial charge is 0.143 e. The van der Waals surface area contributed by atoms with Crippen molar-refractivity contribution in [2.24, 2.45) is 16.8 Å². The molecule has 0 saturated heterocycles. The molecule has 0 aliphatic carbocycles. The van der Waals surface area contributed by atoms with Gasteiger partial charge in [-0.1, -0.05) is 25.9 Å². The highest BCUT2D eigenvalue weighted by atomic mass is 16.4. The van der Waals surface area contributed by atoms with Crippen molar-refractivity contribution in [3.05, 3.63) is 17.6 Å². The van der Waals surface area contributed by atoms with Crippen LogP contribution in [-0.2, 0) is 0 Å². The standard InChI is InChI=1S/C14H25N5O/c1-6-19(8-10(4)13(15)18-20)12-7-11(5)16-14(17-12)9(2)3/h7,9-10,20H,6,8H2,1-5H3,(H2,15,18). The van der Waals surface area contributed by atoms with Gasteiger partial charge in [-0.2, -0.15) is 0 Å². The zero-order valence-electron chi connectivity index (χ0n) is 13.0. The zero-order valence-corrected chi connectivity index (χ0v) is 13.0. The fourth-order valence-corrected chi connectivity index (χ4v) is 1.90. The molecule has 0 aliphatic rings. The van der Waals surface area contributed by atoms with Crippen LogP contribution >= 0.6 is 0 Å². The summed E-state index contributed by atoms with van der Waals surface area (Å²) in [7, 11) is 0. The van der Waals surface area contributed by atoms with Crippen LogP contribution in [0.2, 0.25) is 0 Å². The minimum atomic E-state index is -0.0438. The second-order valence-corrected chi connectivity index (χ2v) is 5.34. The molecule has 6 heteroatoms. The Morgan fingerprint density at radius 3 is 2.55 bits per heavy atom. The van der Waals surface area contributed by atoms with E-state index in [1.807, 2.05) is 19.9 Å². The summed E-state index contributed by atoms with van der Waals surface area (Å²) in [6.45, 7) is 11.6. The Hall–Kier alpha value is -1.85. The molecule has 0 amide bonds. The number of oxime groups is 1. The second kappa shape index (κ2) is 7.07. The lowest BCUT2D eigenvalue weighted by atomic mass is 10.1. The van der Waals surface area contributed by atoms with Crippen molar-refractivity contribution in [1.82, 2.24) is 9.97 Å². The first-order valence-electron chi connectivity index (χ1n) is 6.96. The third-order valence-corrected chi connectivity index (χ3v) is 3.19. The van der Waals surface area contributed by atoms with E-state index in [1.165, 1.54) is 0 Å². The quantitative estimate of drug-likeness (QED) is 0.360. The van der Waals surface area contributed by atoms with Crippen molar-refractivity contribution in [2.45, 2.75) is 40.5 Å². The molecule has 1 rings (SSSR count). The lowest BCUT2D eigenvalue weighted by molar-refractivity contribution is 0.314. The van der Waals surface area contributed by atoms with E-state index in [2.05, 4.69) is 40.8 Å². The number of nitrogens with two attached hydrogens (primary N) is 1. The van der Waals surface area contributed by atoms with Gasteiger partial charge >= 0.3 is 0 Å². The van der Waals surface area contributed by atoms with E-state index in [1.54, 1.807) is 0 Å². The molecule has 0 radical (unpaired) electrons. The number of aromatic nitrogens is 2. The molecule has 1 aromatic heterocycles. The second-order valence-electron chi connectivity index (χ2n) is 5.34. The number of amidine groups is 1. The van der Waals surface area contributed by atoms with Gasteiger partial charge in [-0.3, -0.25) is 0 Å². The maximum Gasteiger partial charge on any atom is 0.143 e. The summed E-state index contributed by atoms with van der Waals surface area (Å²) in [5, 5.41) is 11.8. The highest BCUT2D eigenvalue weighted by molar-refractivity contribution is 5.82. The fourth-order valence-electron chi connectivity index (χ4n) is 1.90. The molecule has 1 heterocycles. The van der Waals surface area contributed by atoms with Gasteiger partial charge in [0.1, 0.15) is 17.5 Å². The highest BCUT2D eigenvalue weighted by Crippen LogP contribution is 2.18. The summed E-state index contributed by atoms with van der Waals surface area (Å²) in [5.41, 5.74) is 6.60. The Labute approximate surface area is 120 Å². The van der Waals surface area contributed by atoms with Gasteiger partial charge in [-0.05, 0) is 13.8 Å². The lowest BCUT2D eigenvalue weighted by Gasteiger charge is -2.26. The topological polar surface area (TPSA) is 87.6 Å². The number of hydrogen-bond acceptors (Lipinski definition) is 5. The van der Waals surface area contributed by atoms with E-state index in [9.17, 15) is 0 Å². The predicted octanol–water partition coefficient (Wildman–Crippen LogP) is 2.12. The molecule has 6 nitrogen and oxygen atoms in total. The van der Waals surface area contributed by atoms with Gasteiger partial charge in [-0.25, -0.2) is 9.97 Å². The first kappa shape index (κ1) is 16.2. The first-order valence-corrected chi connectivity index (χ1v) is 6.96. The molecule has 0 saturated carbocycles. The Bertz CT molecular complexity index is 473. The molecule has 0 spiro atoms. The van der Waals surface area contributed by atoms with Crippen molar-refractivity contribution in [3.8, 4) is 0 Å². The monoisotopic (exact) mass is 279 g/mol. The summed E-state index contributed by atoms with van der Waals surface area (Å²) in [4.78, 5) is 11.2. The maximum absolute atomic E-state index is 8.74. The van der Waals surface area contributed by atoms with Crippen LogP contribution in [0.3, 0.4) is 0 Å². The van der Waals surface area contributed by atoms with Crippen LogP contribution in [0.4, 0.5) is 5.82 Å². The van der Waals surface area contributed by atoms with Crippen molar-refractivity contribution in [2.75, 3.05) is 18.0 Å². The van der Waals surface area contributed by atoms with Gasteiger partial charge in [0, 0.05) is 36.7 Å². The Morgan fingerprint density at radius 1 is 1.40 bits per heavy atom. The van der Waals surface area contributed by atoms with E-state index in [-0.39, 0.29) is 17.7 Å². The van der Waals surface area contributed by atoms with Crippen LogP contribution in [0.25, 0.3) is 0 Å². The summed E-state index contributed by atoms with van der Waals surface area (Å²) < 4.78 is 0. The van der Waals surface area contributed by atoms with E-state index in [0.29, 0.717) is 6.54 Å². The van der Waals surface area contributed by atoms with Crippen molar-refractivity contribution in [3.63, 3.8) is 0 Å². The number of rotatable bonds is 6. The average molecular weight is 279 g/mol. The van der Waals surface area contributed by atoms with Gasteiger partial charge in [0.05, 0.1) is 0 Å². The number of nitrogens with zero attached hydrogens (tertiary/aromatic N) is 4. The van der Waals surface area contributed by atoms with Crippen LogP contribution in [0.1, 0.15) is 45.1 Å². The molecule has 3 N–H and O–H groups in total. The molecule has 1 aromatic rings. The maximum atomic E-state index is 8.74. The largest absolute Gasteiger partial charge is 0.409 e. The van der Waals surface area contributed by atoms with E-state index in [4.69, 9.17) is 10.9 Å². The molecule has 112 valence electrons. The lowest BCUT2D eigenvalue weighted by Crippen LogP contribution is -2.35. The van der Waals surface area contributed by atoms with Crippen LogP contribution in [0.15, 0.2) is 11.2 Å². The Kier molecular flexibility index (Phi) is 5.73. The van der Waals surface area contributed by atoms with E-state index >= 15 is 0 Å². The van der Waals surface area contributed by atoms with Crippen LogP contribution in [0, 0.1) is 12.8 Å². The molecule has 0 aliphatic heterocycles. The minimum Gasteiger partial charge on any atom is -0.409 e. The molecule has 0 bridgehead atoms. The fraction of sp³-hybridized carbons (Fsp3) is 0.643. The third-order valence-electron chi connectivity index (χ3n) is 3.19. The normalized spacial score (nSPS) is 13.6. The molecular formula is C14H25N5O. The van der Waals surface area contributed by atoms with Gasteiger partial charge in [0.25, 0.3) is 0 Å². The summed E-state index contributed by atoms with van der Waals surface area (Å²) in [5.74, 6) is 2.21. The third kappa shape index (κ3) is 4.08. The molecule has 0 aromatic carbocycles. The molecular weight excluding hydrogens is 254 g/mol. The van der Waals surface area contributed by atoms with Crippen LogP contribution in [-0.4, -0.2) is 34.1 Å². The predicted molar refractivity (Wildman–Crippen MR) is 81.3 cm³/mol. The van der Waals surface area contributed by atoms with Crippen molar-refractivity contribution < 1.29 is 5.21 Å². The number of anilines is 1. The zero-order chi connectivity index (χ0) is 15.3. The number of hydrogen-bond donors (Lipinski definition) is 2. The summed E-state index contributed by atoms with van der Waals surface area (Å²) in [6.07, 6.45) is 0. The van der Waals surface area contributed by atoms with Gasteiger partial charge < -0.3 is 15.8 Å². The first-order chi connectivity index (χ1) is 9.38. The van der Waals surface area contributed by atoms with E-state index < -0.39 is 0 Å². The SMILES string of the molecule is CCN(CC(C)C(N)=NO)c1cc(C)nc(C(C)C)n1. The molecule has 1 unspecified atom stereocenters. The average Bonchev–Trinajstić information content (AvgIpc) is 2.42. The van der Waals surface area contributed by atoms with Crippen LogP contribution in [0.5, 0.6) is 0 Å². The Balaban J connectivity index is 3.00. The molecule has 1 atom stereocenters. The minimum absolute atomic E-state index is 0.0438. The van der Waals surface area contributed by atoms with Crippen LogP contribution < -0.4 is 10.6 Å². The van der Waals surface area contributed by atoms with Crippen molar-refractivity contribution >= 4 is 11.7 Å². The Morgan fingerprint density at radius 2 is 2.05 bits per heavy atom. The van der Waals surface area contributed by atoms with Gasteiger partial charge in [-0.15, -0.1) is 0 Å². The summed E-state index contributed by atoms with van der Waals surface area (Å²) in [6, 6.07) is 1.97. The number of aryl methyl sites for hydroxylation is 1. The summed E-state index contributed by atoms with van der Waals surface area (Å²) >= 11 is 0. The van der Waals surface area contributed by atoms with Gasteiger partial charge in [0.2, 0.25) is 0 Å².